The Labute approximate surface area is 173 Å². The molecule has 29 heavy (non-hydrogen) atoms. The molecule has 0 bridgehead atoms. The molecule has 0 unspecified atom stereocenters. The van der Waals surface area contributed by atoms with Crippen LogP contribution in [0.3, 0.4) is 0 Å². The van der Waals surface area contributed by atoms with Crippen LogP contribution in [0.2, 0.25) is 0 Å². The van der Waals surface area contributed by atoms with Crippen LogP contribution in [0.4, 0.5) is 0 Å². The number of carbonyl (C=O) groups excluding carboxylic acids is 1. The highest BCUT2D eigenvalue weighted by Crippen LogP contribution is 2.37. The van der Waals surface area contributed by atoms with Gasteiger partial charge in [-0.2, -0.15) is 0 Å². The molecule has 5 heteroatoms. The largest absolute Gasteiger partial charge is 0.507 e. The van der Waals surface area contributed by atoms with E-state index in [2.05, 4.69) is 20.8 Å². The Kier molecular flexibility index (Phi) is 6.63. The molecule has 0 heterocycles. The predicted octanol–water partition coefficient (Wildman–Crippen LogP) is 5.23. The SMILES string of the molecule is COc1cc(C(C)(C)C)cc(COCc2cc(C(C)(C)C)cc(C=O)c2O)c1O. The average Bonchev–Trinajstić information content (AvgIpc) is 2.62. The first-order valence-corrected chi connectivity index (χ1v) is 9.68. The Morgan fingerprint density at radius 3 is 1.76 bits per heavy atom. The number of phenols is 2. The Balaban J connectivity index is 2.29. The minimum absolute atomic E-state index is 0.0433. The van der Waals surface area contributed by atoms with Crippen molar-refractivity contribution in [2.45, 2.75) is 65.6 Å². The van der Waals surface area contributed by atoms with Gasteiger partial charge in [0.25, 0.3) is 0 Å². The van der Waals surface area contributed by atoms with Gasteiger partial charge in [0.1, 0.15) is 5.75 Å². The van der Waals surface area contributed by atoms with Crippen LogP contribution in [0, 0.1) is 0 Å². The summed E-state index contributed by atoms with van der Waals surface area (Å²) in [6, 6.07) is 7.29. The minimum Gasteiger partial charge on any atom is -0.507 e. The van der Waals surface area contributed by atoms with Crippen LogP contribution in [0.1, 0.15) is 74.2 Å². The van der Waals surface area contributed by atoms with Crippen LogP contribution >= 0.6 is 0 Å². The molecule has 0 amide bonds. The Morgan fingerprint density at radius 1 is 0.828 bits per heavy atom. The summed E-state index contributed by atoms with van der Waals surface area (Å²) in [6.45, 7) is 12.6. The molecule has 5 nitrogen and oxygen atoms in total. The van der Waals surface area contributed by atoms with Crippen molar-refractivity contribution in [3.8, 4) is 17.2 Å². The molecule has 0 aliphatic rings. The average molecular weight is 401 g/mol. The van der Waals surface area contributed by atoms with E-state index in [0.29, 0.717) is 23.2 Å². The first-order valence-electron chi connectivity index (χ1n) is 9.68. The monoisotopic (exact) mass is 400 g/mol. The standard InChI is InChI=1S/C24H32O5/c1-23(2,3)18-8-15(12-25)21(26)16(9-18)13-29-14-17-10-19(24(4,5)6)11-20(28-7)22(17)27/h8-12,26-27H,13-14H2,1-7H3. The van der Waals surface area contributed by atoms with E-state index in [-0.39, 0.29) is 41.1 Å². The molecule has 2 aromatic carbocycles. The molecule has 2 N–H and O–H groups in total. The molecule has 0 fully saturated rings. The van der Waals surface area contributed by atoms with Gasteiger partial charge in [-0.3, -0.25) is 4.79 Å². The van der Waals surface area contributed by atoms with Gasteiger partial charge in [0.15, 0.2) is 17.8 Å². The first-order chi connectivity index (χ1) is 13.4. The summed E-state index contributed by atoms with van der Waals surface area (Å²) in [7, 11) is 1.52. The zero-order valence-electron chi connectivity index (χ0n) is 18.4. The maximum atomic E-state index is 11.4. The number of carbonyl (C=O) groups is 1. The van der Waals surface area contributed by atoms with Crippen molar-refractivity contribution in [2.24, 2.45) is 0 Å². The highest BCUT2D eigenvalue weighted by Gasteiger charge is 2.21. The number of hydrogen-bond acceptors (Lipinski definition) is 5. The second-order valence-electron chi connectivity index (χ2n) is 9.37. The van der Waals surface area contributed by atoms with Crippen LogP contribution < -0.4 is 4.74 Å². The lowest BCUT2D eigenvalue weighted by atomic mass is 9.85. The summed E-state index contributed by atoms with van der Waals surface area (Å²) >= 11 is 0. The highest BCUT2D eigenvalue weighted by molar-refractivity contribution is 5.80. The highest BCUT2D eigenvalue weighted by atomic mass is 16.5. The summed E-state index contributed by atoms with van der Waals surface area (Å²) in [5, 5.41) is 20.8. The Morgan fingerprint density at radius 2 is 1.31 bits per heavy atom. The lowest BCUT2D eigenvalue weighted by molar-refractivity contribution is 0.103. The smallest absolute Gasteiger partial charge is 0.163 e. The molecule has 0 saturated carbocycles. The van der Waals surface area contributed by atoms with E-state index < -0.39 is 0 Å². The molecule has 0 radical (unpaired) electrons. The van der Waals surface area contributed by atoms with Crippen molar-refractivity contribution in [2.75, 3.05) is 7.11 Å². The predicted molar refractivity (Wildman–Crippen MR) is 114 cm³/mol. The van der Waals surface area contributed by atoms with Crippen molar-refractivity contribution in [1.29, 1.82) is 0 Å². The van der Waals surface area contributed by atoms with Crippen LogP contribution in [0.25, 0.3) is 0 Å². The van der Waals surface area contributed by atoms with Gasteiger partial charge in [-0.15, -0.1) is 0 Å². The van der Waals surface area contributed by atoms with E-state index in [9.17, 15) is 15.0 Å². The fourth-order valence-corrected chi connectivity index (χ4v) is 2.99. The van der Waals surface area contributed by atoms with E-state index >= 15 is 0 Å². The molecule has 158 valence electrons. The van der Waals surface area contributed by atoms with Gasteiger partial charge in [0.2, 0.25) is 0 Å². The van der Waals surface area contributed by atoms with Gasteiger partial charge in [-0.1, -0.05) is 41.5 Å². The number of hydrogen-bond donors (Lipinski definition) is 2. The van der Waals surface area contributed by atoms with E-state index in [0.717, 1.165) is 11.1 Å². The van der Waals surface area contributed by atoms with Crippen molar-refractivity contribution in [3.63, 3.8) is 0 Å². The Hall–Kier alpha value is -2.53. The summed E-state index contributed by atoms with van der Waals surface area (Å²) in [5.41, 5.74) is 3.06. The number of methoxy groups -OCH3 is 1. The summed E-state index contributed by atoms with van der Waals surface area (Å²) in [6.07, 6.45) is 0.650. The third-order valence-corrected chi connectivity index (χ3v) is 4.97. The van der Waals surface area contributed by atoms with Gasteiger partial charge in [0.05, 0.1) is 25.9 Å². The van der Waals surface area contributed by atoms with Gasteiger partial charge in [-0.25, -0.2) is 0 Å². The molecule has 0 aromatic heterocycles. The number of phenolic OH excluding ortho intramolecular Hbond substituents is 2. The number of aromatic hydroxyl groups is 2. The number of rotatable bonds is 6. The van der Waals surface area contributed by atoms with Crippen LogP contribution in [-0.2, 0) is 28.8 Å². The lowest BCUT2D eigenvalue weighted by Gasteiger charge is -2.22. The minimum atomic E-state index is -0.174. The van der Waals surface area contributed by atoms with Crippen molar-refractivity contribution >= 4 is 6.29 Å². The van der Waals surface area contributed by atoms with E-state index in [1.54, 1.807) is 6.07 Å². The number of ether oxygens (including phenoxy) is 2. The second kappa shape index (κ2) is 8.46. The topological polar surface area (TPSA) is 76.0 Å². The molecular formula is C24H32O5. The van der Waals surface area contributed by atoms with Crippen LogP contribution in [0.5, 0.6) is 17.2 Å². The molecule has 0 aliphatic heterocycles. The fraction of sp³-hybridized carbons (Fsp3) is 0.458. The zero-order valence-corrected chi connectivity index (χ0v) is 18.4. The quantitative estimate of drug-likeness (QED) is 0.649. The van der Waals surface area contributed by atoms with Gasteiger partial charge >= 0.3 is 0 Å². The van der Waals surface area contributed by atoms with Gasteiger partial charge < -0.3 is 19.7 Å². The third-order valence-electron chi connectivity index (χ3n) is 4.97. The van der Waals surface area contributed by atoms with Crippen molar-refractivity contribution < 1.29 is 24.5 Å². The Bertz CT molecular complexity index is 886. The zero-order chi connectivity index (χ0) is 22.0. The number of aldehydes is 1. The number of benzene rings is 2. The normalized spacial score (nSPS) is 12.1. The van der Waals surface area contributed by atoms with Crippen molar-refractivity contribution in [1.82, 2.24) is 0 Å². The molecule has 2 rings (SSSR count). The molecule has 2 aromatic rings. The van der Waals surface area contributed by atoms with E-state index in [1.807, 2.05) is 39.0 Å². The summed E-state index contributed by atoms with van der Waals surface area (Å²) in [5.74, 6) is 0.372. The van der Waals surface area contributed by atoms with Crippen LogP contribution in [-0.4, -0.2) is 23.6 Å². The van der Waals surface area contributed by atoms with Crippen molar-refractivity contribution in [3.05, 3.63) is 52.1 Å². The molecule has 0 aliphatic carbocycles. The van der Waals surface area contributed by atoms with Gasteiger partial charge in [0, 0.05) is 11.1 Å². The third kappa shape index (κ3) is 5.30. The molecule has 0 saturated heterocycles. The van der Waals surface area contributed by atoms with Crippen LogP contribution in [0.15, 0.2) is 24.3 Å². The summed E-state index contributed by atoms with van der Waals surface area (Å²) < 4.78 is 11.1. The lowest BCUT2D eigenvalue weighted by Crippen LogP contribution is -2.13. The molecule has 0 spiro atoms. The van der Waals surface area contributed by atoms with E-state index in [1.165, 1.54) is 7.11 Å². The fourth-order valence-electron chi connectivity index (χ4n) is 2.99. The molecule has 0 atom stereocenters. The second-order valence-corrected chi connectivity index (χ2v) is 9.37. The summed E-state index contributed by atoms with van der Waals surface area (Å²) in [4.78, 5) is 11.4. The maximum absolute atomic E-state index is 11.4. The van der Waals surface area contributed by atoms with E-state index in [4.69, 9.17) is 9.47 Å². The first kappa shape index (κ1) is 22.8. The molecular weight excluding hydrogens is 368 g/mol. The van der Waals surface area contributed by atoms with Gasteiger partial charge in [-0.05, 0) is 46.2 Å². The maximum Gasteiger partial charge on any atom is 0.163 e.